The smallest absolute Gasteiger partial charge is 0.296 e. The van der Waals surface area contributed by atoms with E-state index in [4.69, 9.17) is 4.98 Å². The minimum absolute atomic E-state index is 0.199. The molecule has 1 N–H and O–H groups in total. The van der Waals surface area contributed by atoms with Crippen LogP contribution in [0.25, 0.3) is 44.7 Å². The second-order valence-corrected chi connectivity index (χ2v) is 7.12. The molecule has 0 fully saturated rings. The first kappa shape index (κ1) is 18.9. The molecule has 2 heterocycles. The van der Waals surface area contributed by atoms with Crippen LogP contribution in [0.15, 0.2) is 76.0 Å². The van der Waals surface area contributed by atoms with E-state index in [2.05, 4.69) is 14.7 Å². The predicted molar refractivity (Wildman–Crippen MR) is 113 cm³/mol. The topological polar surface area (TPSA) is 71.8 Å². The molecular weight excluding hydrogens is 400 g/mol. The lowest BCUT2D eigenvalue weighted by atomic mass is 9.96. The lowest BCUT2D eigenvalue weighted by Crippen LogP contribution is -1.99. The van der Waals surface area contributed by atoms with Crippen LogP contribution in [-0.4, -0.2) is 15.1 Å². The summed E-state index contributed by atoms with van der Waals surface area (Å²) in [4.78, 5) is 18.8. The van der Waals surface area contributed by atoms with E-state index < -0.39 is 11.6 Å². The number of benzene rings is 3. The van der Waals surface area contributed by atoms with Gasteiger partial charge in [0, 0.05) is 22.1 Å². The Bertz CT molecular complexity index is 1490. The lowest BCUT2D eigenvalue weighted by molar-refractivity contribution is 0.388. The number of aromatic nitrogens is 3. The normalized spacial score (nSPS) is 11.2. The van der Waals surface area contributed by atoms with Gasteiger partial charge in [0.15, 0.2) is 5.82 Å². The number of halogens is 2. The number of aromatic amines is 1. The van der Waals surface area contributed by atoms with E-state index in [0.29, 0.717) is 33.3 Å². The van der Waals surface area contributed by atoms with Gasteiger partial charge >= 0.3 is 5.76 Å². The molecule has 0 aliphatic rings. The van der Waals surface area contributed by atoms with Gasteiger partial charge in [-0.2, -0.15) is 0 Å². The highest BCUT2D eigenvalue weighted by Gasteiger charge is 2.19. The van der Waals surface area contributed by atoms with E-state index in [0.717, 1.165) is 11.1 Å². The fourth-order valence-corrected chi connectivity index (χ4v) is 3.76. The van der Waals surface area contributed by atoms with Gasteiger partial charge in [0.05, 0.1) is 11.2 Å². The molecule has 0 saturated heterocycles. The lowest BCUT2D eigenvalue weighted by Gasteiger charge is -2.13. The first-order valence-electron chi connectivity index (χ1n) is 9.53. The minimum Gasteiger partial charge on any atom is -0.296 e. The SMILES string of the molecule is Cc1c(-c2ccc(-c3ccccc3F)cc2)nc2ccc(F)cc2c1-c1noc(=O)[nH]1. The Balaban J connectivity index is 1.70. The van der Waals surface area contributed by atoms with Crippen LogP contribution < -0.4 is 5.76 Å². The average Bonchev–Trinajstić information content (AvgIpc) is 3.19. The van der Waals surface area contributed by atoms with Crippen LogP contribution in [0.3, 0.4) is 0 Å². The molecule has 3 aromatic carbocycles. The molecule has 2 aromatic heterocycles. The molecular formula is C24H15F2N3O2. The van der Waals surface area contributed by atoms with Crippen molar-refractivity contribution in [1.29, 1.82) is 0 Å². The number of pyridine rings is 1. The molecule has 0 amide bonds. The molecule has 5 rings (SSSR count). The summed E-state index contributed by atoms with van der Waals surface area (Å²) in [6.45, 7) is 1.82. The number of nitrogens with one attached hydrogen (secondary N) is 1. The molecule has 0 aliphatic carbocycles. The summed E-state index contributed by atoms with van der Waals surface area (Å²) in [5.41, 5.74) is 4.44. The largest absolute Gasteiger partial charge is 0.439 e. The molecule has 0 atom stereocenters. The second kappa shape index (κ2) is 7.28. The third-order valence-corrected chi connectivity index (χ3v) is 5.21. The van der Waals surface area contributed by atoms with Gasteiger partial charge in [0.25, 0.3) is 0 Å². The third-order valence-electron chi connectivity index (χ3n) is 5.21. The summed E-state index contributed by atoms with van der Waals surface area (Å²) in [6.07, 6.45) is 0. The highest BCUT2D eigenvalue weighted by molar-refractivity contribution is 5.97. The molecule has 0 spiro atoms. The van der Waals surface area contributed by atoms with Gasteiger partial charge in [-0.1, -0.05) is 47.6 Å². The fourth-order valence-electron chi connectivity index (χ4n) is 3.76. The highest BCUT2D eigenvalue weighted by atomic mass is 19.1. The van der Waals surface area contributed by atoms with Crippen molar-refractivity contribution in [3.05, 3.63) is 94.5 Å². The maximum absolute atomic E-state index is 14.1. The summed E-state index contributed by atoms with van der Waals surface area (Å²) in [5.74, 6) is -1.23. The van der Waals surface area contributed by atoms with Crippen LogP contribution in [0.5, 0.6) is 0 Å². The highest BCUT2D eigenvalue weighted by Crippen LogP contribution is 2.35. The van der Waals surface area contributed by atoms with Crippen LogP contribution >= 0.6 is 0 Å². The van der Waals surface area contributed by atoms with Crippen molar-refractivity contribution >= 4 is 10.9 Å². The number of fused-ring (bicyclic) bond motifs is 1. The van der Waals surface area contributed by atoms with Crippen molar-refractivity contribution in [2.24, 2.45) is 0 Å². The molecule has 0 unspecified atom stereocenters. The fraction of sp³-hybridized carbons (Fsp3) is 0.0417. The first-order valence-corrected chi connectivity index (χ1v) is 9.53. The summed E-state index contributed by atoms with van der Waals surface area (Å²) >= 11 is 0. The van der Waals surface area contributed by atoms with E-state index in [9.17, 15) is 13.6 Å². The maximum atomic E-state index is 14.1. The van der Waals surface area contributed by atoms with Gasteiger partial charge in [0.2, 0.25) is 0 Å². The second-order valence-electron chi connectivity index (χ2n) is 7.12. The Morgan fingerprint density at radius 2 is 1.68 bits per heavy atom. The van der Waals surface area contributed by atoms with Gasteiger partial charge < -0.3 is 0 Å². The van der Waals surface area contributed by atoms with Crippen molar-refractivity contribution in [3.63, 3.8) is 0 Å². The molecule has 0 aliphatic heterocycles. The quantitative estimate of drug-likeness (QED) is 0.422. The Morgan fingerprint density at radius 1 is 0.935 bits per heavy atom. The van der Waals surface area contributed by atoms with E-state index in [1.807, 2.05) is 31.2 Å². The van der Waals surface area contributed by atoms with Crippen LogP contribution in [0, 0.1) is 18.6 Å². The van der Waals surface area contributed by atoms with Crippen LogP contribution in [0.4, 0.5) is 8.78 Å². The molecule has 152 valence electrons. The number of H-pyrrole nitrogens is 1. The van der Waals surface area contributed by atoms with Gasteiger partial charge in [-0.05, 0) is 42.3 Å². The zero-order valence-electron chi connectivity index (χ0n) is 16.3. The molecule has 5 nitrogen and oxygen atoms in total. The molecule has 0 saturated carbocycles. The molecule has 0 radical (unpaired) electrons. The molecule has 0 bridgehead atoms. The predicted octanol–water partition coefficient (Wildman–Crippen LogP) is 5.50. The van der Waals surface area contributed by atoms with E-state index in [1.165, 1.54) is 18.2 Å². The van der Waals surface area contributed by atoms with Crippen LogP contribution in [0.2, 0.25) is 0 Å². The van der Waals surface area contributed by atoms with Gasteiger partial charge in [-0.25, -0.2) is 18.6 Å². The Kier molecular flexibility index (Phi) is 4.43. The molecule has 7 heteroatoms. The zero-order valence-corrected chi connectivity index (χ0v) is 16.3. The average molecular weight is 415 g/mol. The maximum Gasteiger partial charge on any atom is 0.439 e. The van der Waals surface area contributed by atoms with E-state index in [1.54, 1.807) is 24.3 Å². The van der Waals surface area contributed by atoms with Gasteiger partial charge in [-0.3, -0.25) is 9.51 Å². The Labute approximate surface area is 175 Å². The number of hydrogen-bond acceptors (Lipinski definition) is 4. The third kappa shape index (κ3) is 3.30. The van der Waals surface area contributed by atoms with E-state index in [-0.39, 0.29) is 11.6 Å². The summed E-state index contributed by atoms with van der Waals surface area (Å²) in [5, 5.41) is 4.30. The standard InChI is InChI=1S/C24H15F2N3O2/c1-13-21(23-28-24(30)31-29-23)18-12-16(25)10-11-20(18)27-22(13)15-8-6-14(7-9-15)17-4-2-3-5-19(17)26/h2-12H,1H3,(H,28,29,30). The zero-order chi connectivity index (χ0) is 21.5. The van der Waals surface area contributed by atoms with Crippen molar-refractivity contribution in [3.8, 4) is 33.8 Å². The Hall–Kier alpha value is -4.13. The number of rotatable bonds is 3. The monoisotopic (exact) mass is 415 g/mol. The van der Waals surface area contributed by atoms with Crippen molar-refractivity contribution in [2.75, 3.05) is 0 Å². The van der Waals surface area contributed by atoms with Gasteiger partial charge in [-0.15, -0.1) is 0 Å². The van der Waals surface area contributed by atoms with Crippen molar-refractivity contribution in [1.82, 2.24) is 15.1 Å². The molecule has 31 heavy (non-hydrogen) atoms. The number of nitrogens with zero attached hydrogens (tertiary/aromatic N) is 2. The molecule has 5 aromatic rings. The summed E-state index contributed by atoms with van der Waals surface area (Å²) in [7, 11) is 0. The number of hydrogen-bond donors (Lipinski definition) is 1. The summed E-state index contributed by atoms with van der Waals surface area (Å²) in [6, 6.07) is 18.2. The minimum atomic E-state index is -0.702. The first-order chi connectivity index (χ1) is 15.0. The van der Waals surface area contributed by atoms with Gasteiger partial charge in [0.1, 0.15) is 11.6 Å². The summed E-state index contributed by atoms with van der Waals surface area (Å²) < 4.78 is 32.7. The van der Waals surface area contributed by atoms with Crippen LogP contribution in [-0.2, 0) is 0 Å². The Morgan fingerprint density at radius 3 is 2.39 bits per heavy atom. The van der Waals surface area contributed by atoms with Crippen molar-refractivity contribution < 1.29 is 13.3 Å². The van der Waals surface area contributed by atoms with Crippen molar-refractivity contribution in [2.45, 2.75) is 6.92 Å². The van der Waals surface area contributed by atoms with E-state index >= 15 is 0 Å². The van der Waals surface area contributed by atoms with Crippen LogP contribution in [0.1, 0.15) is 5.56 Å².